The maximum Gasteiger partial charge on any atom is 0.185 e. The molecule has 0 aromatic carbocycles. The lowest BCUT2D eigenvalue weighted by atomic mass is 9.90. The normalized spacial score (nSPS) is 22.8. The van der Waals surface area contributed by atoms with Crippen LogP contribution < -0.4 is 11.2 Å². The Morgan fingerprint density at radius 2 is 1.41 bits per heavy atom. The molecule has 0 saturated carbocycles. The summed E-state index contributed by atoms with van der Waals surface area (Å²) in [6.45, 7) is 8.25. The van der Waals surface area contributed by atoms with Crippen molar-refractivity contribution in [2.45, 2.75) is 45.2 Å². The molecule has 2 rings (SSSR count). The lowest BCUT2D eigenvalue weighted by Crippen LogP contribution is -2.41. The van der Waals surface area contributed by atoms with Crippen LogP contribution in [-0.2, 0) is 9.47 Å². The standard InChI is InChI=1S/C12H19B2NO2/c1-11(2)12(3,4)17-10(16-11)7-5-8(13)15-9(14)6-7/h5-6,10H,13-14H2,1-4H3. The highest BCUT2D eigenvalue weighted by atomic mass is 16.7. The van der Waals surface area contributed by atoms with Crippen molar-refractivity contribution in [3.05, 3.63) is 17.7 Å². The number of hydrogen-bond donors (Lipinski definition) is 0. The molecule has 17 heavy (non-hydrogen) atoms. The molecule has 0 N–H and O–H groups in total. The van der Waals surface area contributed by atoms with Crippen LogP contribution in [0.15, 0.2) is 12.1 Å². The molecule has 1 fully saturated rings. The van der Waals surface area contributed by atoms with Crippen LogP contribution in [0.2, 0.25) is 0 Å². The minimum Gasteiger partial charge on any atom is -0.339 e. The minimum atomic E-state index is -0.291. The van der Waals surface area contributed by atoms with Crippen molar-refractivity contribution < 1.29 is 9.47 Å². The average Bonchev–Trinajstić information content (AvgIpc) is 2.34. The first-order valence-electron chi connectivity index (χ1n) is 6.02. The summed E-state index contributed by atoms with van der Waals surface area (Å²) in [4.78, 5) is 4.37. The summed E-state index contributed by atoms with van der Waals surface area (Å²) in [6.07, 6.45) is -0.291. The third kappa shape index (κ3) is 2.26. The minimum absolute atomic E-state index is 0.289. The van der Waals surface area contributed by atoms with Crippen molar-refractivity contribution in [3.63, 3.8) is 0 Å². The summed E-state index contributed by atoms with van der Waals surface area (Å²) in [5.74, 6) is 0. The van der Waals surface area contributed by atoms with E-state index in [9.17, 15) is 0 Å². The maximum absolute atomic E-state index is 6.01. The van der Waals surface area contributed by atoms with Crippen LogP contribution in [0.5, 0.6) is 0 Å². The second-order valence-corrected chi connectivity index (χ2v) is 5.77. The van der Waals surface area contributed by atoms with E-state index in [1.165, 1.54) is 0 Å². The highest BCUT2D eigenvalue weighted by molar-refractivity contribution is 6.34. The van der Waals surface area contributed by atoms with Gasteiger partial charge in [-0.2, -0.15) is 0 Å². The molecule has 0 aliphatic carbocycles. The predicted octanol–water partition coefficient (Wildman–Crippen LogP) is -0.799. The third-order valence-electron chi connectivity index (χ3n) is 3.63. The van der Waals surface area contributed by atoms with E-state index in [2.05, 4.69) is 32.7 Å². The van der Waals surface area contributed by atoms with Gasteiger partial charge in [-0.05, 0) is 51.0 Å². The molecule has 0 radical (unpaired) electrons. The molecule has 1 aromatic rings. The Balaban J connectivity index is 2.32. The van der Waals surface area contributed by atoms with Crippen LogP contribution >= 0.6 is 0 Å². The molecule has 0 atom stereocenters. The first-order chi connectivity index (χ1) is 7.71. The van der Waals surface area contributed by atoms with Gasteiger partial charge in [0, 0.05) is 5.56 Å². The van der Waals surface area contributed by atoms with Gasteiger partial charge < -0.3 is 9.47 Å². The van der Waals surface area contributed by atoms with Crippen LogP contribution in [0.1, 0.15) is 39.5 Å². The van der Waals surface area contributed by atoms with E-state index in [1.807, 2.05) is 27.8 Å². The van der Waals surface area contributed by atoms with E-state index in [1.54, 1.807) is 0 Å². The maximum atomic E-state index is 6.01. The summed E-state index contributed by atoms with van der Waals surface area (Å²) < 4.78 is 12.0. The lowest BCUT2D eigenvalue weighted by molar-refractivity contribution is -0.0895. The van der Waals surface area contributed by atoms with Crippen molar-refractivity contribution in [1.82, 2.24) is 4.98 Å². The third-order valence-corrected chi connectivity index (χ3v) is 3.63. The Morgan fingerprint density at radius 3 is 1.82 bits per heavy atom. The molecule has 1 aliphatic heterocycles. The Kier molecular flexibility index (Phi) is 2.87. The van der Waals surface area contributed by atoms with Crippen molar-refractivity contribution in [1.29, 1.82) is 0 Å². The fourth-order valence-electron chi connectivity index (χ4n) is 1.98. The lowest BCUT2D eigenvalue weighted by Gasteiger charge is -2.30. The molecule has 0 amide bonds. The molecular formula is C12H19B2NO2. The Bertz CT molecular complexity index is 410. The van der Waals surface area contributed by atoms with Crippen LogP contribution in [0, 0.1) is 0 Å². The second-order valence-electron chi connectivity index (χ2n) is 5.77. The topological polar surface area (TPSA) is 31.4 Å². The smallest absolute Gasteiger partial charge is 0.185 e. The summed E-state index contributed by atoms with van der Waals surface area (Å²) >= 11 is 0. The van der Waals surface area contributed by atoms with Gasteiger partial charge in [-0.3, -0.25) is 4.98 Å². The molecule has 1 aliphatic rings. The van der Waals surface area contributed by atoms with Gasteiger partial charge in [-0.25, -0.2) is 0 Å². The quantitative estimate of drug-likeness (QED) is 0.593. The number of rotatable bonds is 1. The van der Waals surface area contributed by atoms with Crippen LogP contribution in [0.3, 0.4) is 0 Å². The van der Waals surface area contributed by atoms with Crippen molar-refractivity contribution >= 4 is 26.9 Å². The van der Waals surface area contributed by atoms with Gasteiger partial charge in [0.05, 0.1) is 11.2 Å². The van der Waals surface area contributed by atoms with Crippen LogP contribution in [-0.4, -0.2) is 31.9 Å². The fourth-order valence-corrected chi connectivity index (χ4v) is 1.98. The van der Waals surface area contributed by atoms with Gasteiger partial charge in [-0.15, -0.1) is 0 Å². The average molecular weight is 231 g/mol. The van der Waals surface area contributed by atoms with Gasteiger partial charge in [0.15, 0.2) is 22.0 Å². The number of nitrogens with zero attached hydrogens (tertiary/aromatic N) is 1. The van der Waals surface area contributed by atoms with Crippen LogP contribution in [0.4, 0.5) is 0 Å². The largest absolute Gasteiger partial charge is 0.339 e. The van der Waals surface area contributed by atoms with E-state index in [0.29, 0.717) is 0 Å². The van der Waals surface area contributed by atoms with Crippen molar-refractivity contribution in [3.8, 4) is 0 Å². The van der Waals surface area contributed by atoms with Crippen molar-refractivity contribution in [2.24, 2.45) is 0 Å². The monoisotopic (exact) mass is 231 g/mol. The molecule has 5 heteroatoms. The molecule has 90 valence electrons. The second kappa shape index (κ2) is 3.85. The van der Waals surface area contributed by atoms with Crippen LogP contribution in [0.25, 0.3) is 0 Å². The van der Waals surface area contributed by atoms with E-state index in [-0.39, 0.29) is 17.5 Å². The molecule has 3 nitrogen and oxygen atoms in total. The Labute approximate surface area is 105 Å². The summed E-state index contributed by atoms with van der Waals surface area (Å²) in [6, 6.07) is 4.05. The number of pyridine rings is 1. The highest BCUT2D eigenvalue weighted by Gasteiger charge is 2.49. The van der Waals surface area contributed by atoms with Gasteiger partial charge >= 0.3 is 0 Å². The zero-order valence-electron chi connectivity index (χ0n) is 11.5. The molecular weight excluding hydrogens is 212 g/mol. The van der Waals surface area contributed by atoms with E-state index in [4.69, 9.17) is 9.47 Å². The summed E-state index contributed by atoms with van der Waals surface area (Å²) in [5.41, 5.74) is 2.46. The first kappa shape index (κ1) is 12.7. The first-order valence-corrected chi connectivity index (χ1v) is 6.02. The number of ether oxygens (including phenoxy) is 2. The molecule has 1 aromatic heterocycles. The van der Waals surface area contributed by atoms with Gasteiger partial charge in [0.2, 0.25) is 0 Å². The highest BCUT2D eigenvalue weighted by Crippen LogP contribution is 2.44. The summed E-state index contributed by atoms with van der Waals surface area (Å²) in [7, 11) is 3.98. The molecule has 1 saturated heterocycles. The van der Waals surface area contributed by atoms with E-state index >= 15 is 0 Å². The SMILES string of the molecule is Bc1cc(C2OC(C)(C)C(C)(C)O2)cc(B)n1. The van der Waals surface area contributed by atoms with E-state index < -0.39 is 0 Å². The molecule has 0 unspecified atom stereocenters. The summed E-state index contributed by atoms with van der Waals surface area (Å²) in [5, 5.41) is 0. The molecule has 2 heterocycles. The van der Waals surface area contributed by atoms with Gasteiger partial charge in [0.25, 0.3) is 0 Å². The number of hydrogen-bond acceptors (Lipinski definition) is 3. The fraction of sp³-hybridized carbons (Fsp3) is 0.583. The zero-order valence-corrected chi connectivity index (χ0v) is 11.5. The Morgan fingerprint density at radius 1 is 1.00 bits per heavy atom. The Hall–Kier alpha value is -0.800. The predicted molar refractivity (Wildman–Crippen MR) is 73.7 cm³/mol. The zero-order chi connectivity index (χ0) is 12.8. The van der Waals surface area contributed by atoms with Gasteiger partial charge in [0.1, 0.15) is 0 Å². The molecule has 0 spiro atoms. The van der Waals surface area contributed by atoms with Gasteiger partial charge in [-0.1, -0.05) is 0 Å². The molecule has 0 bridgehead atoms. The van der Waals surface area contributed by atoms with Crippen molar-refractivity contribution in [2.75, 3.05) is 0 Å². The van der Waals surface area contributed by atoms with E-state index in [0.717, 1.165) is 16.8 Å². The number of aromatic nitrogens is 1.